The number of rotatable bonds is 6. The summed E-state index contributed by atoms with van der Waals surface area (Å²) in [6, 6.07) is 7.17. The molecule has 0 saturated carbocycles. The summed E-state index contributed by atoms with van der Waals surface area (Å²) in [5.41, 5.74) is 0.285. The van der Waals surface area contributed by atoms with Gasteiger partial charge in [-0.3, -0.25) is 0 Å². The molecule has 0 aliphatic carbocycles. The second-order valence-electron chi connectivity index (χ2n) is 4.77. The normalized spacial score (nSPS) is 13.2. The maximum atomic E-state index is 12.1. The fourth-order valence-electron chi connectivity index (χ4n) is 1.75. The van der Waals surface area contributed by atoms with E-state index in [4.69, 9.17) is 5.26 Å². The summed E-state index contributed by atoms with van der Waals surface area (Å²) in [6.07, 6.45) is 0.549. The second-order valence-corrected chi connectivity index (χ2v) is 6.48. The van der Waals surface area contributed by atoms with Gasteiger partial charge < -0.3 is 5.11 Å². The minimum absolute atomic E-state index is 0.0359. The maximum Gasteiger partial charge on any atom is 0.240 e. The van der Waals surface area contributed by atoms with Crippen molar-refractivity contribution in [2.75, 3.05) is 6.61 Å². The fourth-order valence-corrected chi connectivity index (χ4v) is 3.03. The van der Waals surface area contributed by atoms with Crippen molar-refractivity contribution in [2.24, 2.45) is 5.92 Å². The number of aliphatic hydroxyl groups is 1. The molecule has 0 radical (unpaired) electrons. The van der Waals surface area contributed by atoms with Gasteiger partial charge in [0.1, 0.15) is 0 Å². The van der Waals surface area contributed by atoms with E-state index in [1.165, 1.54) is 24.3 Å². The molecule has 1 rings (SSSR count). The molecule has 0 bridgehead atoms. The molecule has 0 heterocycles. The topological polar surface area (TPSA) is 90.2 Å². The van der Waals surface area contributed by atoms with Gasteiger partial charge in [0, 0.05) is 6.04 Å². The third-order valence-corrected chi connectivity index (χ3v) is 4.09. The summed E-state index contributed by atoms with van der Waals surface area (Å²) in [6.45, 7) is 3.65. The van der Waals surface area contributed by atoms with E-state index >= 15 is 0 Å². The number of hydrogen-bond acceptors (Lipinski definition) is 4. The lowest BCUT2D eigenvalue weighted by Crippen LogP contribution is -2.38. The van der Waals surface area contributed by atoms with Crippen LogP contribution in [0.5, 0.6) is 0 Å². The molecule has 0 fully saturated rings. The van der Waals surface area contributed by atoms with Gasteiger partial charge in [-0.15, -0.1) is 0 Å². The first-order valence-electron chi connectivity index (χ1n) is 6.02. The van der Waals surface area contributed by atoms with Crippen LogP contribution in [0.1, 0.15) is 25.8 Å². The summed E-state index contributed by atoms with van der Waals surface area (Å²) in [5.74, 6) is 0.269. The number of nitrogens with one attached hydrogen (secondary N) is 1. The molecule has 2 N–H and O–H groups in total. The van der Waals surface area contributed by atoms with E-state index in [-0.39, 0.29) is 23.0 Å². The lowest BCUT2D eigenvalue weighted by molar-refractivity contribution is 0.240. The zero-order chi connectivity index (χ0) is 14.5. The molecule has 0 saturated heterocycles. The number of aliphatic hydroxyl groups excluding tert-OH is 1. The van der Waals surface area contributed by atoms with Crippen molar-refractivity contribution in [1.82, 2.24) is 4.72 Å². The highest BCUT2D eigenvalue weighted by Crippen LogP contribution is 2.13. The van der Waals surface area contributed by atoms with Gasteiger partial charge in [0.25, 0.3) is 0 Å². The minimum atomic E-state index is -3.71. The fraction of sp³-hybridized carbons (Fsp3) is 0.462. The molecule has 0 aliphatic rings. The molecule has 6 heteroatoms. The van der Waals surface area contributed by atoms with Gasteiger partial charge in [-0.2, -0.15) is 5.26 Å². The van der Waals surface area contributed by atoms with Gasteiger partial charge in [0.15, 0.2) is 0 Å². The largest absolute Gasteiger partial charge is 0.395 e. The molecule has 0 aromatic heterocycles. The SMILES string of the molecule is CC(C)CC(CO)NS(=O)(=O)c1cccc(C#N)c1. The van der Waals surface area contributed by atoms with Crippen LogP contribution in [-0.4, -0.2) is 26.2 Å². The van der Waals surface area contributed by atoms with Crippen LogP contribution in [0, 0.1) is 17.2 Å². The van der Waals surface area contributed by atoms with Crippen LogP contribution in [0.2, 0.25) is 0 Å². The summed E-state index contributed by atoms with van der Waals surface area (Å²) < 4.78 is 26.7. The summed E-state index contributed by atoms with van der Waals surface area (Å²) in [4.78, 5) is 0.0359. The number of nitrogens with zero attached hydrogens (tertiary/aromatic N) is 1. The van der Waals surface area contributed by atoms with E-state index in [2.05, 4.69) is 4.72 Å². The molecule has 104 valence electrons. The maximum absolute atomic E-state index is 12.1. The zero-order valence-electron chi connectivity index (χ0n) is 11.0. The third-order valence-electron chi connectivity index (χ3n) is 2.57. The molecule has 1 aromatic rings. The predicted molar refractivity (Wildman–Crippen MR) is 71.8 cm³/mol. The van der Waals surface area contributed by atoms with Crippen molar-refractivity contribution in [2.45, 2.75) is 31.2 Å². The summed E-state index contributed by atoms with van der Waals surface area (Å²) in [7, 11) is -3.71. The van der Waals surface area contributed by atoms with Gasteiger partial charge in [-0.05, 0) is 30.5 Å². The Labute approximate surface area is 113 Å². The van der Waals surface area contributed by atoms with Gasteiger partial charge >= 0.3 is 0 Å². The lowest BCUT2D eigenvalue weighted by atomic mass is 10.1. The van der Waals surface area contributed by atoms with Crippen molar-refractivity contribution in [3.05, 3.63) is 29.8 Å². The predicted octanol–water partition coefficient (Wildman–Crippen LogP) is 1.24. The van der Waals surface area contributed by atoms with Crippen LogP contribution in [-0.2, 0) is 10.0 Å². The molecule has 19 heavy (non-hydrogen) atoms. The molecule has 0 amide bonds. The van der Waals surface area contributed by atoms with Gasteiger partial charge in [-0.1, -0.05) is 19.9 Å². The van der Waals surface area contributed by atoms with Crippen LogP contribution >= 0.6 is 0 Å². The van der Waals surface area contributed by atoms with E-state index < -0.39 is 16.1 Å². The van der Waals surface area contributed by atoms with E-state index in [1.54, 1.807) is 0 Å². The van der Waals surface area contributed by atoms with Crippen molar-refractivity contribution >= 4 is 10.0 Å². The Hall–Kier alpha value is -1.42. The summed E-state index contributed by atoms with van der Waals surface area (Å²) >= 11 is 0. The Morgan fingerprint density at radius 2 is 2.11 bits per heavy atom. The monoisotopic (exact) mass is 282 g/mol. The van der Waals surface area contributed by atoms with Gasteiger partial charge in [-0.25, -0.2) is 13.1 Å². The van der Waals surface area contributed by atoms with E-state index in [9.17, 15) is 13.5 Å². The third kappa shape index (κ3) is 4.63. The lowest BCUT2D eigenvalue weighted by Gasteiger charge is -2.18. The van der Waals surface area contributed by atoms with Crippen molar-refractivity contribution in [3.63, 3.8) is 0 Å². The Balaban J connectivity index is 2.94. The first kappa shape index (κ1) is 15.6. The van der Waals surface area contributed by atoms with Gasteiger partial charge in [0.05, 0.1) is 23.1 Å². The van der Waals surface area contributed by atoms with E-state index in [0.717, 1.165) is 0 Å². The van der Waals surface area contributed by atoms with Crippen LogP contribution in [0.3, 0.4) is 0 Å². The van der Waals surface area contributed by atoms with Crippen LogP contribution in [0.4, 0.5) is 0 Å². The molecule has 1 aromatic carbocycles. The van der Waals surface area contributed by atoms with E-state index in [1.807, 2.05) is 19.9 Å². The highest BCUT2D eigenvalue weighted by Gasteiger charge is 2.20. The smallest absolute Gasteiger partial charge is 0.240 e. The number of nitriles is 1. The zero-order valence-corrected chi connectivity index (χ0v) is 11.8. The molecule has 0 spiro atoms. The first-order chi connectivity index (χ1) is 8.89. The van der Waals surface area contributed by atoms with E-state index in [0.29, 0.717) is 6.42 Å². The Bertz CT molecular complexity index is 561. The van der Waals surface area contributed by atoms with Crippen molar-refractivity contribution < 1.29 is 13.5 Å². The van der Waals surface area contributed by atoms with Crippen molar-refractivity contribution in [3.8, 4) is 6.07 Å². The molecule has 0 aliphatic heterocycles. The Morgan fingerprint density at radius 3 is 2.63 bits per heavy atom. The van der Waals surface area contributed by atoms with Crippen LogP contribution in [0.25, 0.3) is 0 Å². The second kappa shape index (κ2) is 6.66. The van der Waals surface area contributed by atoms with Crippen LogP contribution in [0.15, 0.2) is 29.2 Å². The first-order valence-corrected chi connectivity index (χ1v) is 7.50. The minimum Gasteiger partial charge on any atom is -0.395 e. The highest BCUT2D eigenvalue weighted by molar-refractivity contribution is 7.89. The standard InChI is InChI=1S/C13H18N2O3S/c1-10(2)6-12(9-16)15-19(17,18)13-5-3-4-11(7-13)8-14/h3-5,7,10,12,15-16H,6,9H2,1-2H3. The quantitative estimate of drug-likeness (QED) is 0.821. The highest BCUT2D eigenvalue weighted by atomic mass is 32.2. The van der Waals surface area contributed by atoms with Gasteiger partial charge in [0.2, 0.25) is 10.0 Å². The Morgan fingerprint density at radius 1 is 1.42 bits per heavy atom. The van der Waals surface area contributed by atoms with Crippen LogP contribution < -0.4 is 4.72 Å². The molecular weight excluding hydrogens is 264 g/mol. The number of sulfonamides is 1. The molecular formula is C13H18N2O3S. The Kier molecular flexibility index (Phi) is 5.48. The average molecular weight is 282 g/mol. The number of hydrogen-bond donors (Lipinski definition) is 2. The summed E-state index contributed by atoms with van der Waals surface area (Å²) in [5, 5.41) is 18.0. The van der Waals surface area contributed by atoms with Crippen molar-refractivity contribution in [1.29, 1.82) is 5.26 Å². The molecule has 1 unspecified atom stereocenters. The average Bonchev–Trinajstić information content (AvgIpc) is 2.37. The number of benzene rings is 1. The molecule has 5 nitrogen and oxygen atoms in total. The molecule has 1 atom stereocenters.